The summed E-state index contributed by atoms with van der Waals surface area (Å²) in [7, 11) is 0. The van der Waals surface area contributed by atoms with Crippen LogP contribution in [-0.2, 0) is 16.1 Å². The van der Waals surface area contributed by atoms with Crippen LogP contribution in [0.2, 0.25) is 0 Å². The molecule has 6 nitrogen and oxygen atoms in total. The molecule has 1 aromatic heterocycles. The van der Waals surface area contributed by atoms with Gasteiger partial charge in [-0.05, 0) is 38.2 Å². The first kappa shape index (κ1) is 15.1. The summed E-state index contributed by atoms with van der Waals surface area (Å²) in [5.41, 5.74) is 0. The van der Waals surface area contributed by atoms with Gasteiger partial charge in [-0.25, -0.2) is 0 Å². The van der Waals surface area contributed by atoms with Gasteiger partial charge in [0.2, 0.25) is 11.8 Å². The fourth-order valence-corrected chi connectivity index (χ4v) is 2.98. The third-order valence-electron chi connectivity index (χ3n) is 4.53. The first-order chi connectivity index (χ1) is 10.7. The van der Waals surface area contributed by atoms with E-state index < -0.39 is 0 Å². The summed E-state index contributed by atoms with van der Waals surface area (Å²) >= 11 is 0. The van der Waals surface area contributed by atoms with E-state index in [-0.39, 0.29) is 17.7 Å². The molecule has 0 bridgehead atoms. The second-order valence-corrected chi connectivity index (χ2v) is 6.29. The van der Waals surface area contributed by atoms with Crippen LogP contribution in [0.5, 0.6) is 0 Å². The first-order valence-electron chi connectivity index (χ1n) is 8.28. The number of hydrogen-bond donors (Lipinski definition) is 1. The molecule has 2 aliphatic rings. The van der Waals surface area contributed by atoms with Crippen molar-refractivity contribution in [1.82, 2.24) is 20.0 Å². The molecule has 6 heteroatoms. The molecule has 1 saturated carbocycles. The van der Waals surface area contributed by atoms with E-state index >= 15 is 0 Å². The number of hydrogen-bond acceptors (Lipinski definition) is 3. The molecule has 2 amide bonds. The molecule has 1 saturated heterocycles. The topological polar surface area (TPSA) is 67.2 Å². The first-order valence-corrected chi connectivity index (χ1v) is 8.28. The van der Waals surface area contributed by atoms with E-state index in [1.54, 1.807) is 6.20 Å². The Morgan fingerprint density at radius 3 is 2.55 bits per heavy atom. The number of carbonyl (C=O) groups is 2. The lowest BCUT2D eigenvalue weighted by Gasteiger charge is -2.31. The van der Waals surface area contributed by atoms with Gasteiger partial charge >= 0.3 is 0 Å². The Kier molecular flexibility index (Phi) is 4.75. The molecule has 0 spiro atoms. The van der Waals surface area contributed by atoms with E-state index in [0.717, 1.165) is 51.7 Å². The molecule has 0 radical (unpaired) electrons. The number of carbonyl (C=O) groups excluding carboxylic acids is 2. The second kappa shape index (κ2) is 6.94. The molecule has 0 aromatic carbocycles. The molecule has 2 fully saturated rings. The number of amides is 2. The molecule has 1 aromatic rings. The quantitative estimate of drug-likeness (QED) is 0.799. The molecule has 0 unspecified atom stereocenters. The average Bonchev–Trinajstić information content (AvgIpc) is 3.27. The number of aryl methyl sites for hydroxylation is 1. The number of nitrogens with zero attached hydrogens (tertiary/aromatic N) is 3. The predicted octanol–water partition coefficient (Wildman–Crippen LogP) is 1.04. The van der Waals surface area contributed by atoms with Crippen LogP contribution in [-0.4, -0.2) is 46.1 Å². The van der Waals surface area contributed by atoms with Gasteiger partial charge < -0.3 is 10.2 Å². The molecule has 1 N–H and O–H groups in total. The summed E-state index contributed by atoms with van der Waals surface area (Å²) in [6, 6.07) is 1.90. The highest BCUT2D eigenvalue weighted by Gasteiger charge is 2.35. The number of likely N-dealkylation sites (tertiary alicyclic amines) is 1. The van der Waals surface area contributed by atoms with Crippen molar-refractivity contribution in [2.24, 2.45) is 11.8 Å². The van der Waals surface area contributed by atoms with E-state index in [1.807, 2.05) is 21.8 Å². The third kappa shape index (κ3) is 3.87. The van der Waals surface area contributed by atoms with Crippen molar-refractivity contribution in [2.45, 2.75) is 38.6 Å². The molecule has 22 heavy (non-hydrogen) atoms. The molecule has 0 atom stereocenters. The molecular formula is C16H24N4O2. The van der Waals surface area contributed by atoms with E-state index in [9.17, 15) is 9.59 Å². The second-order valence-electron chi connectivity index (χ2n) is 6.29. The monoisotopic (exact) mass is 304 g/mol. The maximum Gasteiger partial charge on any atom is 0.225 e. The van der Waals surface area contributed by atoms with E-state index in [4.69, 9.17) is 0 Å². The van der Waals surface area contributed by atoms with E-state index in [0.29, 0.717) is 12.5 Å². The van der Waals surface area contributed by atoms with Gasteiger partial charge in [0.05, 0.1) is 0 Å². The maximum absolute atomic E-state index is 12.1. The molecule has 2 heterocycles. The minimum atomic E-state index is 0.0629. The van der Waals surface area contributed by atoms with Gasteiger partial charge in [-0.2, -0.15) is 5.10 Å². The fraction of sp³-hybridized carbons (Fsp3) is 0.688. The third-order valence-corrected chi connectivity index (χ3v) is 4.53. The van der Waals surface area contributed by atoms with Gasteiger partial charge in [-0.3, -0.25) is 14.3 Å². The van der Waals surface area contributed by atoms with Crippen molar-refractivity contribution in [3.05, 3.63) is 18.5 Å². The number of aromatic nitrogens is 2. The van der Waals surface area contributed by atoms with Crippen molar-refractivity contribution >= 4 is 11.8 Å². The number of nitrogens with one attached hydrogen (secondary N) is 1. The van der Waals surface area contributed by atoms with Crippen LogP contribution in [0.3, 0.4) is 0 Å². The zero-order valence-corrected chi connectivity index (χ0v) is 12.9. The van der Waals surface area contributed by atoms with Crippen molar-refractivity contribution in [2.75, 3.05) is 19.6 Å². The lowest BCUT2D eigenvalue weighted by Crippen LogP contribution is -2.43. The van der Waals surface area contributed by atoms with Gasteiger partial charge in [0, 0.05) is 50.4 Å². The summed E-state index contributed by atoms with van der Waals surface area (Å²) in [6.07, 6.45) is 8.26. The molecule has 3 rings (SSSR count). The van der Waals surface area contributed by atoms with Gasteiger partial charge in [0.15, 0.2) is 0 Å². The van der Waals surface area contributed by atoms with E-state index in [1.165, 1.54) is 0 Å². The fourth-order valence-electron chi connectivity index (χ4n) is 2.98. The van der Waals surface area contributed by atoms with Crippen LogP contribution in [0.1, 0.15) is 32.1 Å². The Bertz CT molecular complexity index is 502. The van der Waals surface area contributed by atoms with Crippen LogP contribution >= 0.6 is 0 Å². The summed E-state index contributed by atoms with van der Waals surface area (Å²) in [5.74, 6) is 0.790. The van der Waals surface area contributed by atoms with Crippen LogP contribution in [0.4, 0.5) is 0 Å². The standard InChI is InChI=1S/C16H24N4O2/c21-15(17-7-1-9-20-10-2-8-18-20)13-5-11-19(12-6-13)16(22)14-3-4-14/h2,8,10,13-14H,1,3-7,9,11-12H2,(H,17,21). The van der Waals surface area contributed by atoms with Gasteiger partial charge in [-0.1, -0.05) is 0 Å². The Morgan fingerprint density at radius 2 is 1.91 bits per heavy atom. The highest BCUT2D eigenvalue weighted by atomic mass is 16.2. The average molecular weight is 304 g/mol. The Labute approximate surface area is 130 Å². The minimum Gasteiger partial charge on any atom is -0.356 e. The highest BCUT2D eigenvalue weighted by Crippen LogP contribution is 2.32. The summed E-state index contributed by atoms with van der Waals surface area (Å²) in [4.78, 5) is 26.1. The lowest BCUT2D eigenvalue weighted by molar-refractivity contribution is -0.136. The molecule has 120 valence electrons. The van der Waals surface area contributed by atoms with Crippen molar-refractivity contribution in [3.8, 4) is 0 Å². The smallest absolute Gasteiger partial charge is 0.225 e. The molecule has 1 aliphatic carbocycles. The van der Waals surface area contributed by atoms with Crippen LogP contribution in [0.25, 0.3) is 0 Å². The lowest BCUT2D eigenvalue weighted by atomic mass is 9.95. The molecular weight excluding hydrogens is 280 g/mol. The number of piperidine rings is 1. The van der Waals surface area contributed by atoms with Crippen molar-refractivity contribution in [3.63, 3.8) is 0 Å². The highest BCUT2D eigenvalue weighted by molar-refractivity contribution is 5.82. The molecule has 1 aliphatic heterocycles. The summed E-state index contributed by atoms with van der Waals surface area (Å²) in [6.45, 7) is 2.98. The predicted molar refractivity (Wildman–Crippen MR) is 81.9 cm³/mol. The van der Waals surface area contributed by atoms with Gasteiger partial charge in [0.25, 0.3) is 0 Å². The SMILES string of the molecule is O=C(NCCCn1cccn1)C1CCN(C(=O)C2CC2)CC1. The van der Waals surface area contributed by atoms with Crippen LogP contribution in [0.15, 0.2) is 18.5 Å². The van der Waals surface area contributed by atoms with E-state index in [2.05, 4.69) is 10.4 Å². The Morgan fingerprint density at radius 1 is 1.14 bits per heavy atom. The normalized spacial score (nSPS) is 19.2. The largest absolute Gasteiger partial charge is 0.356 e. The minimum absolute atomic E-state index is 0.0629. The van der Waals surface area contributed by atoms with Gasteiger partial charge in [-0.15, -0.1) is 0 Å². The maximum atomic E-state index is 12.1. The zero-order chi connectivity index (χ0) is 15.4. The van der Waals surface area contributed by atoms with Crippen LogP contribution < -0.4 is 5.32 Å². The zero-order valence-electron chi connectivity index (χ0n) is 12.9. The summed E-state index contributed by atoms with van der Waals surface area (Å²) < 4.78 is 1.87. The summed E-state index contributed by atoms with van der Waals surface area (Å²) in [5, 5.41) is 7.14. The van der Waals surface area contributed by atoms with Gasteiger partial charge in [0.1, 0.15) is 0 Å². The van der Waals surface area contributed by atoms with Crippen LogP contribution in [0, 0.1) is 11.8 Å². The van der Waals surface area contributed by atoms with Crippen molar-refractivity contribution < 1.29 is 9.59 Å². The Hall–Kier alpha value is -1.85. The number of rotatable bonds is 6. The Balaban J connectivity index is 1.32. The van der Waals surface area contributed by atoms with Crippen molar-refractivity contribution in [1.29, 1.82) is 0 Å².